The number of nitrogens with zero attached hydrogens (tertiary/aromatic N) is 3. The van der Waals surface area contributed by atoms with Gasteiger partial charge in [-0.2, -0.15) is 0 Å². The number of thiocarbonyl (C=S) groups is 1. The second-order valence-corrected chi connectivity index (χ2v) is 9.14. The summed E-state index contributed by atoms with van der Waals surface area (Å²) in [4.78, 5) is 31.4. The molecular weight excluding hydrogens is 438 g/mol. The number of carbonyl (C=O) groups is 2. The molecule has 0 radical (unpaired) electrons. The van der Waals surface area contributed by atoms with Crippen LogP contribution in [0.25, 0.3) is 10.8 Å². The number of carbonyl (C=O) groups excluding carboxylic acids is 2. The summed E-state index contributed by atoms with van der Waals surface area (Å²) >= 11 is 7.20. The van der Waals surface area contributed by atoms with Crippen LogP contribution in [-0.4, -0.2) is 46.9 Å². The first-order valence-corrected chi connectivity index (χ1v) is 12.5. The molecule has 0 unspecified atom stereocenters. The summed E-state index contributed by atoms with van der Waals surface area (Å²) in [5.74, 6) is -0.176. The number of hydrogen-bond donors (Lipinski definition) is 0. The highest BCUT2D eigenvalue weighted by molar-refractivity contribution is 8.04. The number of benzene rings is 2. The Bertz CT molecular complexity index is 1020. The van der Waals surface area contributed by atoms with Crippen molar-refractivity contribution < 1.29 is 9.59 Å². The smallest absolute Gasteiger partial charge is 0.255 e. The molecule has 1 aliphatic heterocycles. The molecule has 0 spiro atoms. The fourth-order valence-corrected chi connectivity index (χ4v) is 5.34. The number of unbranched alkanes of at least 4 members (excludes halogenated alkanes) is 2. The van der Waals surface area contributed by atoms with E-state index < -0.39 is 0 Å². The van der Waals surface area contributed by atoms with Crippen molar-refractivity contribution in [2.24, 2.45) is 0 Å². The first-order chi connectivity index (χ1) is 15.5. The predicted molar refractivity (Wildman–Crippen MR) is 138 cm³/mol. The summed E-state index contributed by atoms with van der Waals surface area (Å²) in [6.45, 7) is 8.01. The van der Waals surface area contributed by atoms with Gasteiger partial charge >= 0.3 is 0 Å². The maximum atomic E-state index is 13.4. The second kappa shape index (κ2) is 11.5. The van der Waals surface area contributed by atoms with Crippen LogP contribution in [0.1, 0.15) is 46.5 Å². The molecule has 2 amide bonds. The Morgan fingerprint density at radius 2 is 1.78 bits per heavy atom. The standard InChI is InChI=1S/C25H31N3O2S2/c1-4-7-15-26(18-29)25(31)28(16-8-5-2)22(30)17-23-27(6-3)21-14-13-19-11-9-10-12-20(19)24(21)32-23/h9-14,17-18H,4-8,15-16H2,1-3H3/b23-17-. The lowest BCUT2D eigenvalue weighted by molar-refractivity contribution is -0.123. The Labute approximate surface area is 200 Å². The summed E-state index contributed by atoms with van der Waals surface area (Å²) in [5.41, 5.74) is 1.12. The summed E-state index contributed by atoms with van der Waals surface area (Å²) in [5, 5.41) is 3.55. The monoisotopic (exact) mass is 469 g/mol. The molecule has 0 fully saturated rings. The van der Waals surface area contributed by atoms with Crippen LogP contribution in [0, 0.1) is 0 Å². The Morgan fingerprint density at radius 3 is 2.47 bits per heavy atom. The molecule has 0 saturated heterocycles. The van der Waals surface area contributed by atoms with Crippen LogP contribution in [0.15, 0.2) is 52.4 Å². The van der Waals surface area contributed by atoms with Gasteiger partial charge in [0.2, 0.25) is 6.41 Å². The van der Waals surface area contributed by atoms with Gasteiger partial charge in [-0.15, -0.1) is 0 Å². The molecule has 0 N–H and O–H groups in total. The van der Waals surface area contributed by atoms with Crippen molar-refractivity contribution in [1.29, 1.82) is 0 Å². The van der Waals surface area contributed by atoms with E-state index in [1.807, 2.05) is 12.1 Å². The number of anilines is 1. The summed E-state index contributed by atoms with van der Waals surface area (Å²) in [6.07, 6.45) is 5.97. The summed E-state index contributed by atoms with van der Waals surface area (Å²) in [6, 6.07) is 12.6. The lowest BCUT2D eigenvalue weighted by Crippen LogP contribution is -2.46. The molecule has 1 heterocycles. The van der Waals surface area contributed by atoms with E-state index in [0.29, 0.717) is 13.1 Å². The summed E-state index contributed by atoms with van der Waals surface area (Å²) < 4.78 is 0. The fraction of sp³-hybridized carbons (Fsp3) is 0.400. The predicted octanol–water partition coefficient (Wildman–Crippen LogP) is 5.79. The van der Waals surface area contributed by atoms with E-state index in [1.54, 1.807) is 22.7 Å². The SMILES string of the molecule is CCCCN(C=O)C(=S)N(CCCC)C(=O)/C=C1\Sc2c(ccc3ccccc23)N1CC. The Kier molecular flexibility index (Phi) is 8.70. The van der Waals surface area contributed by atoms with E-state index in [9.17, 15) is 9.59 Å². The molecule has 1 aliphatic rings. The van der Waals surface area contributed by atoms with Crippen molar-refractivity contribution in [3.8, 4) is 0 Å². The van der Waals surface area contributed by atoms with Gasteiger partial charge in [-0.25, -0.2) is 0 Å². The molecule has 3 rings (SSSR count). The third-order valence-corrected chi connectivity index (χ3v) is 7.18. The van der Waals surface area contributed by atoms with E-state index in [-0.39, 0.29) is 11.0 Å². The lowest BCUT2D eigenvalue weighted by Gasteiger charge is -2.28. The third-order valence-electron chi connectivity index (χ3n) is 5.54. The Morgan fingerprint density at radius 1 is 1.06 bits per heavy atom. The summed E-state index contributed by atoms with van der Waals surface area (Å²) in [7, 11) is 0. The average Bonchev–Trinajstić information content (AvgIpc) is 3.17. The number of thioether (sulfide) groups is 1. The lowest BCUT2D eigenvalue weighted by atomic mass is 10.1. The fourth-order valence-electron chi connectivity index (χ4n) is 3.74. The molecule has 0 atom stereocenters. The van der Waals surface area contributed by atoms with Crippen molar-refractivity contribution in [3.63, 3.8) is 0 Å². The topological polar surface area (TPSA) is 43.9 Å². The van der Waals surface area contributed by atoms with Gasteiger partial charge in [0.1, 0.15) is 0 Å². The highest BCUT2D eigenvalue weighted by Crippen LogP contribution is 2.49. The van der Waals surface area contributed by atoms with E-state index in [0.717, 1.165) is 49.4 Å². The minimum atomic E-state index is -0.176. The zero-order valence-corrected chi connectivity index (χ0v) is 20.7. The maximum absolute atomic E-state index is 13.4. The van der Waals surface area contributed by atoms with Crippen molar-refractivity contribution in [3.05, 3.63) is 47.5 Å². The Hall–Kier alpha value is -2.38. The van der Waals surface area contributed by atoms with Gasteiger partial charge in [-0.1, -0.05) is 68.8 Å². The molecule has 7 heteroatoms. The molecule has 2 aromatic carbocycles. The first-order valence-electron chi connectivity index (χ1n) is 11.3. The van der Waals surface area contributed by atoms with E-state index in [4.69, 9.17) is 12.2 Å². The van der Waals surface area contributed by atoms with Crippen LogP contribution in [0.5, 0.6) is 0 Å². The Balaban J connectivity index is 1.90. The van der Waals surface area contributed by atoms with Crippen molar-refractivity contribution in [2.75, 3.05) is 24.5 Å². The number of amides is 2. The van der Waals surface area contributed by atoms with Crippen LogP contribution in [-0.2, 0) is 9.59 Å². The van der Waals surface area contributed by atoms with Gasteiger partial charge in [0.05, 0.1) is 10.7 Å². The average molecular weight is 470 g/mol. The van der Waals surface area contributed by atoms with E-state index in [2.05, 4.69) is 49.9 Å². The molecule has 170 valence electrons. The van der Waals surface area contributed by atoms with Gasteiger partial charge in [0, 0.05) is 30.6 Å². The van der Waals surface area contributed by atoms with Crippen LogP contribution in [0.2, 0.25) is 0 Å². The number of hydrogen-bond acceptors (Lipinski definition) is 5. The van der Waals surface area contributed by atoms with E-state index in [1.165, 1.54) is 20.6 Å². The molecular formula is C25H31N3O2S2. The molecule has 2 aromatic rings. The zero-order valence-electron chi connectivity index (χ0n) is 19.0. The van der Waals surface area contributed by atoms with E-state index >= 15 is 0 Å². The minimum absolute atomic E-state index is 0.176. The van der Waals surface area contributed by atoms with Crippen LogP contribution < -0.4 is 4.90 Å². The number of rotatable bonds is 9. The highest BCUT2D eigenvalue weighted by atomic mass is 32.2. The normalized spacial score (nSPS) is 14.0. The third kappa shape index (κ3) is 5.15. The molecule has 0 bridgehead atoms. The second-order valence-electron chi connectivity index (χ2n) is 7.74. The highest BCUT2D eigenvalue weighted by Gasteiger charge is 2.28. The largest absolute Gasteiger partial charge is 0.335 e. The van der Waals surface area contributed by atoms with Gasteiger partial charge in [-0.3, -0.25) is 19.4 Å². The molecule has 5 nitrogen and oxygen atoms in total. The zero-order chi connectivity index (χ0) is 23.1. The molecule has 0 aromatic heterocycles. The maximum Gasteiger partial charge on any atom is 0.255 e. The van der Waals surface area contributed by atoms with Crippen molar-refractivity contribution in [2.45, 2.75) is 51.3 Å². The van der Waals surface area contributed by atoms with Crippen LogP contribution in [0.4, 0.5) is 5.69 Å². The quantitative estimate of drug-likeness (QED) is 0.264. The van der Waals surface area contributed by atoms with Gasteiger partial charge in [0.25, 0.3) is 5.91 Å². The van der Waals surface area contributed by atoms with Crippen LogP contribution >= 0.6 is 24.0 Å². The van der Waals surface area contributed by atoms with Crippen molar-refractivity contribution in [1.82, 2.24) is 9.80 Å². The molecule has 32 heavy (non-hydrogen) atoms. The molecule has 0 saturated carbocycles. The van der Waals surface area contributed by atoms with Gasteiger partial charge in [-0.05, 0) is 48.8 Å². The number of fused-ring (bicyclic) bond motifs is 3. The first kappa shape index (κ1) is 24.3. The van der Waals surface area contributed by atoms with Crippen LogP contribution in [0.3, 0.4) is 0 Å². The van der Waals surface area contributed by atoms with Crippen molar-refractivity contribution >= 4 is 57.9 Å². The van der Waals surface area contributed by atoms with Gasteiger partial charge in [0.15, 0.2) is 5.11 Å². The molecule has 0 aliphatic carbocycles. The minimum Gasteiger partial charge on any atom is -0.335 e. The van der Waals surface area contributed by atoms with Gasteiger partial charge < -0.3 is 4.90 Å².